The van der Waals surface area contributed by atoms with Gasteiger partial charge in [-0.2, -0.15) is 0 Å². The Kier molecular flexibility index (Phi) is 4.56. The molecular formula is C16H24FNO3. The fourth-order valence-electron chi connectivity index (χ4n) is 2.86. The van der Waals surface area contributed by atoms with Gasteiger partial charge in [0.15, 0.2) is 0 Å². The smallest absolute Gasteiger partial charge is 0.123 e. The lowest BCUT2D eigenvalue weighted by atomic mass is 9.56. The van der Waals surface area contributed by atoms with E-state index in [9.17, 15) is 14.6 Å². The zero-order valence-electron chi connectivity index (χ0n) is 12.8. The molecule has 1 aliphatic carbocycles. The molecular weight excluding hydrogens is 273 g/mol. The normalized spacial score (nSPS) is 27.4. The summed E-state index contributed by atoms with van der Waals surface area (Å²) in [4.78, 5) is 0. The molecule has 0 bridgehead atoms. The second-order valence-electron chi connectivity index (χ2n) is 6.28. The number of aliphatic hydroxyl groups is 1. The highest BCUT2D eigenvalue weighted by Gasteiger charge is 2.59. The van der Waals surface area contributed by atoms with Crippen molar-refractivity contribution in [1.82, 2.24) is 5.32 Å². The third-order valence-electron chi connectivity index (χ3n) is 4.67. The summed E-state index contributed by atoms with van der Waals surface area (Å²) in [6.07, 6.45) is 0.632. The summed E-state index contributed by atoms with van der Waals surface area (Å²) in [5.74, 6) is -0.334. The Hall–Kier alpha value is -1.17. The first kappa shape index (κ1) is 16.2. The van der Waals surface area contributed by atoms with E-state index in [1.165, 1.54) is 18.2 Å². The molecule has 0 spiro atoms. The Balaban J connectivity index is 1.90. The molecule has 1 saturated carbocycles. The molecule has 2 atom stereocenters. The fourth-order valence-corrected chi connectivity index (χ4v) is 2.86. The fraction of sp³-hybridized carbons (Fsp3) is 0.625. The standard InChI is InChI=1S/C16H24FNO3/c1-4-21-14-8-16(20,15(14,2)3)10-18-9-11-7-12(17)5-6-13(11)19/h5-7,14,18-20H,4,8-10H2,1-3H3/t14-,16+/m1/s1. The monoisotopic (exact) mass is 297 g/mol. The molecule has 3 N–H and O–H groups in total. The zero-order chi connectivity index (χ0) is 15.7. The molecule has 5 heteroatoms. The topological polar surface area (TPSA) is 61.7 Å². The highest BCUT2D eigenvalue weighted by molar-refractivity contribution is 5.32. The van der Waals surface area contributed by atoms with E-state index in [1.54, 1.807) is 0 Å². The van der Waals surface area contributed by atoms with E-state index in [4.69, 9.17) is 4.74 Å². The first-order valence-corrected chi connectivity index (χ1v) is 7.32. The van der Waals surface area contributed by atoms with Crippen LogP contribution in [0.15, 0.2) is 18.2 Å². The molecule has 0 unspecified atom stereocenters. The molecule has 118 valence electrons. The van der Waals surface area contributed by atoms with Gasteiger partial charge in [0.2, 0.25) is 0 Å². The summed E-state index contributed by atoms with van der Waals surface area (Å²) in [7, 11) is 0. The zero-order valence-corrected chi connectivity index (χ0v) is 12.8. The van der Waals surface area contributed by atoms with Crippen LogP contribution in [0.2, 0.25) is 0 Å². The van der Waals surface area contributed by atoms with Gasteiger partial charge in [0.1, 0.15) is 11.6 Å². The minimum atomic E-state index is -0.851. The maximum atomic E-state index is 13.1. The summed E-state index contributed by atoms with van der Waals surface area (Å²) >= 11 is 0. The molecule has 1 aromatic carbocycles. The highest BCUT2D eigenvalue weighted by atomic mass is 19.1. The van der Waals surface area contributed by atoms with Crippen LogP contribution in [0.4, 0.5) is 4.39 Å². The second kappa shape index (κ2) is 5.91. The molecule has 4 nitrogen and oxygen atoms in total. The predicted octanol–water partition coefficient (Wildman–Crippen LogP) is 2.19. The van der Waals surface area contributed by atoms with Gasteiger partial charge in [-0.05, 0) is 25.1 Å². The van der Waals surface area contributed by atoms with Crippen molar-refractivity contribution in [1.29, 1.82) is 0 Å². The van der Waals surface area contributed by atoms with Crippen molar-refractivity contribution < 1.29 is 19.3 Å². The third-order valence-corrected chi connectivity index (χ3v) is 4.67. The van der Waals surface area contributed by atoms with E-state index in [2.05, 4.69) is 5.32 Å². The van der Waals surface area contributed by atoms with Crippen molar-refractivity contribution in [3.05, 3.63) is 29.6 Å². The van der Waals surface area contributed by atoms with Crippen molar-refractivity contribution >= 4 is 0 Å². The van der Waals surface area contributed by atoms with Crippen LogP contribution in [0.5, 0.6) is 5.75 Å². The van der Waals surface area contributed by atoms with Crippen LogP contribution in [0.1, 0.15) is 32.8 Å². The Morgan fingerprint density at radius 2 is 2.14 bits per heavy atom. The maximum absolute atomic E-state index is 13.1. The SMILES string of the molecule is CCO[C@@H]1C[C@](O)(CNCc2cc(F)ccc2O)C1(C)C. The summed E-state index contributed by atoms with van der Waals surface area (Å²) in [5, 5.41) is 23.4. The van der Waals surface area contributed by atoms with Gasteiger partial charge in [0.05, 0.1) is 11.7 Å². The van der Waals surface area contributed by atoms with E-state index in [1.807, 2.05) is 20.8 Å². The van der Waals surface area contributed by atoms with Gasteiger partial charge >= 0.3 is 0 Å². The number of phenols is 1. The van der Waals surface area contributed by atoms with E-state index in [0.717, 1.165) is 0 Å². The van der Waals surface area contributed by atoms with Gasteiger partial charge in [-0.3, -0.25) is 0 Å². The Morgan fingerprint density at radius 1 is 1.43 bits per heavy atom. The lowest BCUT2D eigenvalue weighted by Gasteiger charge is -2.58. The van der Waals surface area contributed by atoms with Gasteiger partial charge in [0.25, 0.3) is 0 Å². The molecule has 1 aliphatic rings. The molecule has 0 aromatic heterocycles. The Labute approximate surface area is 124 Å². The van der Waals surface area contributed by atoms with Gasteiger partial charge in [-0.1, -0.05) is 13.8 Å². The van der Waals surface area contributed by atoms with Crippen LogP contribution < -0.4 is 5.32 Å². The van der Waals surface area contributed by atoms with Crippen LogP contribution in [0, 0.1) is 11.2 Å². The minimum Gasteiger partial charge on any atom is -0.508 e. The van der Waals surface area contributed by atoms with E-state index in [0.29, 0.717) is 31.7 Å². The van der Waals surface area contributed by atoms with Crippen LogP contribution in [0.25, 0.3) is 0 Å². The van der Waals surface area contributed by atoms with Gasteiger partial charge in [0, 0.05) is 37.1 Å². The Bertz CT molecular complexity index is 506. The average molecular weight is 297 g/mol. The van der Waals surface area contributed by atoms with Crippen molar-refractivity contribution in [2.75, 3.05) is 13.2 Å². The van der Waals surface area contributed by atoms with Crippen molar-refractivity contribution in [3.8, 4) is 5.75 Å². The van der Waals surface area contributed by atoms with Gasteiger partial charge in [-0.15, -0.1) is 0 Å². The van der Waals surface area contributed by atoms with Crippen molar-refractivity contribution in [2.45, 2.75) is 45.4 Å². The lowest BCUT2D eigenvalue weighted by Crippen LogP contribution is -2.68. The van der Waals surface area contributed by atoms with Crippen LogP contribution in [-0.4, -0.2) is 35.1 Å². The predicted molar refractivity (Wildman–Crippen MR) is 78.5 cm³/mol. The first-order valence-electron chi connectivity index (χ1n) is 7.32. The lowest BCUT2D eigenvalue weighted by molar-refractivity contribution is -0.238. The molecule has 21 heavy (non-hydrogen) atoms. The van der Waals surface area contributed by atoms with Crippen molar-refractivity contribution in [2.24, 2.45) is 5.41 Å². The average Bonchev–Trinajstić information content (AvgIpc) is 2.42. The van der Waals surface area contributed by atoms with Gasteiger partial charge < -0.3 is 20.3 Å². The molecule has 0 aliphatic heterocycles. The number of rotatable bonds is 6. The van der Waals surface area contributed by atoms with E-state index >= 15 is 0 Å². The maximum Gasteiger partial charge on any atom is 0.123 e. The van der Waals surface area contributed by atoms with E-state index in [-0.39, 0.29) is 23.1 Å². The number of hydrogen-bond donors (Lipinski definition) is 3. The number of nitrogens with one attached hydrogen (secondary N) is 1. The first-order chi connectivity index (χ1) is 9.80. The molecule has 0 saturated heterocycles. The summed E-state index contributed by atoms with van der Waals surface area (Å²) in [6.45, 7) is 7.23. The van der Waals surface area contributed by atoms with Crippen LogP contribution in [-0.2, 0) is 11.3 Å². The largest absolute Gasteiger partial charge is 0.508 e. The van der Waals surface area contributed by atoms with Crippen LogP contribution in [0.3, 0.4) is 0 Å². The number of hydrogen-bond acceptors (Lipinski definition) is 4. The quantitative estimate of drug-likeness (QED) is 0.753. The summed E-state index contributed by atoms with van der Waals surface area (Å²) < 4.78 is 18.8. The molecule has 0 radical (unpaired) electrons. The third kappa shape index (κ3) is 3.05. The molecule has 1 fully saturated rings. The molecule has 0 heterocycles. The van der Waals surface area contributed by atoms with Crippen LogP contribution >= 0.6 is 0 Å². The minimum absolute atomic E-state index is 0.0518. The number of aromatic hydroxyl groups is 1. The summed E-state index contributed by atoms with van der Waals surface area (Å²) in [6, 6.07) is 3.84. The highest BCUT2D eigenvalue weighted by Crippen LogP contribution is 2.50. The summed E-state index contributed by atoms with van der Waals surface area (Å²) in [5.41, 5.74) is -0.701. The second-order valence-corrected chi connectivity index (χ2v) is 6.28. The number of ether oxygens (including phenoxy) is 1. The van der Waals surface area contributed by atoms with Gasteiger partial charge in [-0.25, -0.2) is 4.39 Å². The number of benzene rings is 1. The van der Waals surface area contributed by atoms with Crippen molar-refractivity contribution in [3.63, 3.8) is 0 Å². The number of halogens is 1. The Morgan fingerprint density at radius 3 is 2.76 bits per heavy atom. The molecule has 2 rings (SSSR count). The molecule has 1 aromatic rings. The van der Waals surface area contributed by atoms with E-state index < -0.39 is 5.60 Å². The molecule has 0 amide bonds. The number of phenolic OH excluding ortho intramolecular Hbond substituents is 1.